The quantitative estimate of drug-likeness (QED) is 0.211. The number of hydrogen-bond donors (Lipinski definition) is 1. The molecular weight excluding hydrogens is 496 g/mol. The van der Waals surface area contributed by atoms with E-state index in [9.17, 15) is 0 Å². The molecule has 0 radical (unpaired) electrons. The molecule has 2 aliphatic carbocycles. The number of hydrogen-bond acceptors (Lipinski definition) is 2. The lowest BCUT2D eigenvalue weighted by Gasteiger charge is -2.38. The molecule has 200 valence electrons. The number of nitrogens with zero attached hydrogens (tertiary/aromatic N) is 1. The van der Waals surface area contributed by atoms with E-state index in [2.05, 4.69) is 139 Å². The van der Waals surface area contributed by atoms with Crippen molar-refractivity contribution in [1.82, 2.24) is 0 Å². The number of nitrogens with two attached hydrogens (primary N) is 1. The van der Waals surface area contributed by atoms with Crippen LogP contribution in [0.1, 0.15) is 42.0 Å². The van der Waals surface area contributed by atoms with Gasteiger partial charge >= 0.3 is 0 Å². The molecule has 2 atom stereocenters. The molecule has 1 aliphatic heterocycles. The van der Waals surface area contributed by atoms with Gasteiger partial charge in [-0.05, 0) is 71.9 Å². The lowest BCUT2D eigenvalue weighted by atomic mass is 9.63. The van der Waals surface area contributed by atoms with Gasteiger partial charge in [-0.2, -0.15) is 0 Å². The van der Waals surface area contributed by atoms with E-state index in [1.807, 2.05) is 18.2 Å². The van der Waals surface area contributed by atoms with Gasteiger partial charge in [-0.1, -0.05) is 121 Å². The molecule has 2 heteroatoms. The van der Waals surface area contributed by atoms with Crippen LogP contribution in [0, 0.1) is 5.92 Å². The summed E-state index contributed by atoms with van der Waals surface area (Å²) in [5.74, 6) is 0.147. The number of allylic oxidation sites excluding steroid dienone is 9. The van der Waals surface area contributed by atoms with Gasteiger partial charge in [0.15, 0.2) is 0 Å². The van der Waals surface area contributed by atoms with E-state index in [0.29, 0.717) is 0 Å². The van der Waals surface area contributed by atoms with Gasteiger partial charge in [0.05, 0.1) is 11.1 Å². The molecule has 7 rings (SSSR count). The molecule has 0 aromatic heterocycles. The second kappa shape index (κ2) is 10.3. The Bertz CT molecular complexity index is 1770. The molecule has 3 aliphatic rings. The number of anilines is 3. The van der Waals surface area contributed by atoms with Crippen LogP contribution in [-0.2, 0) is 5.41 Å². The van der Waals surface area contributed by atoms with Crippen molar-refractivity contribution in [2.45, 2.75) is 25.2 Å². The fraction of sp³-hybridized carbons (Fsp3) is 0.128. The minimum absolute atomic E-state index is 0.147. The van der Waals surface area contributed by atoms with E-state index in [4.69, 9.17) is 5.73 Å². The predicted molar refractivity (Wildman–Crippen MR) is 174 cm³/mol. The lowest BCUT2D eigenvalue weighted by Crippen LogP contribution is -2.34. The highest BCUT2D eigenvalue weighted by Gasteiger charge is 2.52. The van der Waals surface area contributed by atoms with Gasteiger partial charge in [-0.15, -0.1) is 0 Å². The van der Waals surface area contributed by atoms with Gasteiger partial charge in [0, 0.05) is 29.1 Å². The first kappa shape index (κ1) is 25.2. The molecule has 0 amide bonds. The SMILES string of the molecule is C/C1=C2/c3ccccc3C(C3=CC=CC3)(c3ccccc3)C2C=CCC=CN(c2cccc(N)c2)c2ccccc21. The van der Waals surface area contributed by atoms with Crippen molar-refractivity contribution in [3.63, 3.8) is 0 Å². The Morgan fingerprint density at radius 3 is 2.37 bits per heavy atom. The fourth-order valence-corrected chi connectivity index (χ4v) is 7.21. The molecule has 0 bridgehead atoms. The Morgan fingerprint density at radius 1 is 0.780 bits per heavy atom. The zero-order valence-corrected chi connectivity index (χ0v) is 23.4. The van der Waals surface area contributed by atoms with Gasteiger partial charge < -0.3 is 10.6 Å². The Labute approximate surface area is 243 Å². The standard InChI is InChI=1S/C39H34N2/c1-28-33-21-10-12-25-37(33)41(32-20-14-19-31(40)27-32)26-13-3-6-24-36-38(28)34-22-9-11-23-35(34)39(36,30-17-7-8-18-30)29-15-4-2-5-16-29/h2,4-17,19-27,36H,3,18,40H2,1H3/b24-6?,26-13?,38-28+. The van der Waals surface area contributed by atoms with Crippen LogP contribution in [0.3, 0.4) is 0 Å². The number of rotatable bonds is 3. The van der Waals surface area contributed by atoms with E-state index in [1.54, 1.807) is 0 Å². The molecule has 0 saturated carbocycles. The average Bonchev–Trinajstić information content (AvgIpc) is 3.64. The van der Waals surface area contributed by atoms with Crippen LogP contribution in [0.4, 0.5) is 17.1 Å². The minimum atomic E-state index is -0.283. The number of fused-ring (bicyclic) bond motifs is 4. The third kappa shape index (κ3) is 4.02. The maximum absolute atomic E-state index is 6.25. The molecule has 2 unspecified atom stereocenters. The van der Waals surface area contributed by atoms with Gasteiger partial charge in [0.25, 0.3) is 0 Å². The van der Waals surface area contributed by atoms with E-state index in [-0.39, 0.29) is 11.3 Å². The first-order valence-corrected chi connectivity index (χ1v) is 14.5. The molecule has 0 fully saturated rings. The maximum Gasteiger partial charge on any atom is 0.0530 e. The molecule has 0 saturated heterocycles. The van der Waals surface area contributed by atoms with Crippen molar-refractivity contribution in [2.24, 2.45) is 5.92 Å². The first-order chi connectivity index (χ1) is 20.2. The third-order valence-corrected chi connectivity index (χ3v) is 8.90. The minimum Gasteiger partial charge on any atom is -0.399 e. The summed E-state index contributed by atoms with van der Waals surface area (Å²) in [4.78, 5) is 2.28. The average molecular weight is 531 g/mol. The van der Waals surface area contributed by atoms with Crippen molar-refractivity contribution < 1.29 is 0 Å². The smallest absolute Gasteiger partial charge is 0.0530 e. The Morgan fingerprint density at radius 2 is 1.56 bits per heavy atom. The Kier molecular flexibility index (Phi) is 6.32. The summed E-state index contributed by atoms with van der Waals surface area (Å²) in [5.41, 5.74) is 18.4. The Balaban J connectivity index is 1.55. The van der Waals surface area contributed by atoms with E-state index in [0.717, 1.165) is 29.9 Å². The second-order valence-electron chi connectivity index (χ2n) is 11.1. The van der Waals surface area contributed by atoms with Crippen LogP contribution in [0.2, 0.25) is 0 Å². The van der Waals surface area contributed by atoms with Crippen LogP contribution in [0.25, 0.3) is 11.1 Å². The molecule has 2 N–H and O–H groups in total. The predicted octanol–water partition coefficient (Wildman–Crippen LogP) is 9.61. The zero-order chi connectivity index (χ0) is 27.8. The van der Waals surface area contributed by atoms with Crippen LogP contribution < -0.4 is 10.6 Å². The van der Waals surface area contributed by atoms with Crippen molar-refractivity contribution in [3.8, 4) is 0 Å². The highest BCUT2D eigenvalue weighted by molar-refractivity contribution is 6.00. The molecule has 1 heterocycles. The Hall–Kier alpha value is -4.82. The van der Waals surface area contributed by atoms with Gasteiger partial charge in [-0.3, -0.25) is 0 Å². The summed E-state index contributed by atoms with van der Waals surface area (Å²) in [5, 5.41) is 0. The largest absolute Gasteiger partial charge is 0.399 e. The van der Waals surface area contributed by atoms with Gasteiger partial charge in [0.1, 0.15) is 0 Å². The van der Waals surface area contributed by atoms with Crippen molar-refractivity contribution in [1.29, 1.82) is 0 Å². The monoisotopic (exact) mass is 530 g/mol. The van der Waals surface area contributed by atoms with E-state index in [1.165, 1.54) is 39.0 Å². The third-order valence-electron chi connectivity index (χ3n) is 8.90. The maximum atomic E-state index is 6.25. The van der Waals surface area contributed by atoms with Crippen LogP contribution in [0.5, 0.6) is 0 Å². The van der Waals surface area contributed by atoms with Crippen molar-refractivity contribution in [3.05, 3.63) is 174 Å². The highest BCUT2D eigenvalue weighted by Crippen LogP contribution is 2.61. The normalized spacial score (nSPS) is 23.0. The molecule has 4 aromatic carbocycles. The second-order valence-corrected chi connectivity index (χ2v) is 11.1. The number of benzene rings is 4. The number of para-hydroxylation sites is 1. The van der Waals surface area contributed by atoms with Gasteiger partial charge in [0.2, 0.25) is 0 Å². The van der Waals surface area contributed by atoms with Crippen LogP contribution in [0.15, 0.2) is 151 Å². The zero-order valence-electron chi connectivity index (χ0n) is 23.4. The van der Waals surface area contributed by atoms with E-state index >= 15 is 0 Å². The summed E-state index contributed by atoms with van der Waals surface area (Å²) in [6.07, 6.45) is 18.0. The highest BCUT2D eigenvalue weighted by atomic mass is 15.1. The molecule has 41 heavy (non-hydrogen) atoms. The van der Waals surface area contributed by atoms with Crippen LogP contribution in [-0.4, -0.2) is 0 Å². The van der Waals surface area contributed by atoms with Crippen molar-refractivity contribution in [2.75, 3.05) is 10.6 Å². The van der Waals surface area contributed by atoms with Crippen molar-refractivity contribution >= 4 is 28.2 Å². The molecular formula is C39H34N2. The fourth-order valence-electron chi connectivity index (χ4n) is 7.21. The topological polar surface area (TPSA) is 29.3 Å². The summed E-state index contributed by atoms with van der Waals surface area (Å²) in [6, 6.07) is 37.2. The molecule has 0 spiro atoms. The lowest BCUT2D eigenvalue weighted by molar-refractivity contribution is 0.540. The number of nitrogen functional groups attached to an aromatic ring is 1. The van der Waals surface area contributed by atoms with E-state index < -0.39 is 0 Å². The van der Waals surface area contributed by atoms with Crippen LogP contribution >= 0.6 is 0 Å². The van der Waals surface area contributed by atoms with Gasteiger partial charge in [-0.25, -0.2) is 0 Å². The summed E-state index contributed by atoms with van der Waals surface area (Å²) in [7, 11) is 0. The summed E-state index contributed by atoms with van der Waals surface area (Å²) in [6.45, 7) is 2.31. The summed E-state index contributed by atoms with van der Waals surface area (Å²) >= 11 is 0. The first-order valence-electron chi connectivity index (χ1n) is 14.5. The summed E-state index contributed by atoms with van der Waals surface area (Å²) < 4.78 is 0. The molecule has 4 aromatic rings. The molecule has 2 nitrogen and oxygen atoms in total.